The van der Waals surface area contributed by atoms with Crippen LogP contribution in [0, 0.1) is 11.8 Å². The Bertz CT molecular complexity index is 120. The molecule has 1 rings (SSSR count). The lowest BCUT2D eigenvalue weighted by atomic mass is 9.98. The Morgan fingerprint density at radius 1 is 1.55 bits per heavy atom. The zero-order chi connectivity index (χ0) is 8.10. The summed E-state index contributed by atoms with van der Waals surface area (Å²) < 4.78 is 0. The molecular formula is C10H19N. The van der Waals surface area contributed by atoms with E-state index in [1.165, 1.54) is 25.8 Å². The van der Waals surface area contributed by atoms with Crippen LogP contribution in [0.1, 0.15) is 26.2 Å². The summed E-state index contributed by atoms with van der Waals surface area (Å²) in [4.78, 5) is 0. The molecule has 0 saturated heterocycles. The number of nitrogens with one attached hydrogen (secondary N) is 1. The van der Waals surface area contributed by atoms with Crippen LogP contribution in [-0.2, 0) is 0 Å². The molecule has 1 heteroatoms. The van der Waals surface area contributed by atoms with E-state index in [0.29, 0.717) is 0 Å². The van der Waals surface area contributed by atoms with Gasteiger partial charge in [0.1, 0.15) is 0 Å². The predicted octanol–water partition coefficient (Wildman–Crippen LogP) is 2.20. The van der Waals surface area contributed by atoms with Crippen LogP contribution in [0.3, 0.4) is 0 Å². The third-order valence-corrected chi connectivity index (χ3v) is 2.73. The smallest absolute Gasteiger partial charge is 0.0132 e. The van der Waals surface area contributed by atoms with Crippen LogP contribution >= 0.6 is 0 Å². The van der Waals surface area contributed by atoms with Gasteiger partial charge in [-0.25, -0.2) is 0 Å². The Kier molecular flexibility index (Phi) is 3.64. The van der Waals surface area contributed by atoms with Gasteiger partial charge in [0.25, 0.3) is 0 Å². The molecule has 64 valence electrons. The van der Waals surface area contributed by atoms with Crippen molar-refractivity contribution < 1.29 is 0 Å². The van der Waals surface area contributed by atoms with Crippen molar-refractivity contribution in [1.29, 1.82) is 0 Å². The van der Waals surface area contributed by atoms with E-state index >= 15 is 0 Å². The monoisotopic (exact) mass is 153 g/mol. The summed E-state index contributed by atoms with van der Waals surface area (Å²) in [6.07, 6.45) is 6.22. The third-order valence-electron chi connectivity index (χ3n) is 2.73. The lowest BCUT2D eigenvalue weighted by Crippen LogP contribution is -2.24. The van der Waals surface area contributed by atoms with Crippen molar-refractivity contribution in [2.45, 2.75) is 26.2 Å². The van der Waals surface area contributed by atoms with Crippen LogP contribution in [0.25, 0.3) is 0 Å². The maximum Gasteiger partial charge on any atom is 0.0132 e. The van der Waals surface area contributed by atoms with Gasteiger partial charge in [-0.3, -0.25) is 0 Å². The standard InChI is InChI=1S/C10H19N/c1-3-7-11-8-10-6-4-5-9(10)2/h3,9-11H,1,4-8H2,2H3. The van der Waals surface area contributed by atoms with Gasteiger partial charge >= 0.3 is 0 Å². The lowest BCUT2D eigenvalue weighted by molar-refractivity contribution is 0.399. The summed E-state index contributed by atoms with van der Waals surface area (Å²) in [5.41, 5.74) is 0. The molecule has 0 aromatic rings. The van der Waals surface area contributed by atoms with Crippen LogP contribution in [0.5, 0.6) is 0 Å². The van der Waals surface area contributed by atoms with E-state index in [1.807, 2.05) is 6.08 Å². The van der Waals surface area contributed by atoms with Crippen molar-refractivity contribution >= 4 is 0 Å². The highest BCUT2D eigenvalue weighted by Gasteiger charge is 2.22. The second-order valence-electron chi connectivity index (χ2n) is 3.62. The first kappa shape index (κ1) is 8.79. The van der Waals surface area contributed by atoms with Crippen molar-refractivity contribution in [3.63, 3.8) is 0 Å². The molecule has 0 radical (unpaired) electrons. The number of rotatable bonds is 4. The maximum atomic E-state index is 3.68. The van der Waals surface area contributed by atoms with Gasteiger partial charge in [0.15, 0.2) is 0 Å². The Morgan fingerprint density at radius 3 is 2.91 bits per heavy atom. The predicted molar refractivity (Wildman–Crippen MR) is 49.6 cm³/mol. The summed E-state index contributed by atoms with van der Waals surface area (Å²) >= 11 is 0. The first-order chi connectivity index (χ1) is 5.34. The minimum atomic E-state index is 0.926. The van der Waals surface area contributed by atoms with Crippen LogP contribution in [0.4, 0.5) is 0 Å². The van der Waals surface area contributed by atoms with Crippen LogP contribution in [-0.4, -0.2) is 13.1 Å². The fourth-order valence-electron chi connectivity index (χ4n) is 1.90. The molecule has 0 bridgehead atoms. The minimum absolute atomic E-state index is 0.926. The van der Waals surface area contributed by atoms with Crippen molar-refractivity contribution in [1.82, 2.24) is 5.32 Å². The van der Waals surface area contributed by atoms with Crippen LogP contribution in [0.2, 0.25) is 0 Å². The van der Waals surface area contributed by atoms with Crippen molar-refractivity contribution in [2.75, 3.05) is 13.1 Å². The topological polar surface area (TPSA) is 12.0 Å². The van der Waals surface area contributed by atoms with Crippen molar-refractivity contribution in [3.05, 3.63) is 12.7 Å². The second-order valence-corrected chi connectivity index (χ2v) is 3.62. The van der Waals surface area contributed by atoms with E-state index in [-0.39, 0.29) is 0 Å². The van der Waals surface area contributed by atoms with E-state index in [0.717, 1.165) is 18.4 Å². The average molecular weight is 153 g/mol. The summed E-state index contributed by atoms with van der Waals surface area (Å²) in [5.74, 6) is 1.86. The maximum absolute atomic E-state index is 3.68. The number of hydrogen-bond donors (Lipinski definition) is 1. The van der Waals surface area contributed by atoms with Gasteiger partial charge in [0, 0.05) is 6.54 Å². The fraction of sp³-hybridized carbons (Fsp3) is 0.800. The summed E-state index contributed by atoms with van der Waals surface area (Å²) in [6.45, 7) is 8.20. The minimum Gasteiger partial charge on any atom is -0.313 e. The Hall–Kier alpha value is -0.300. The molecule has 1 saturated carbocycles. The molecule has 1 nitrogen and oxygen atoms in total. The Balaban J connectivity index is 2.10. The molecule has 1 aliphatic carbocycles. The molecule has 1 N–H and O–H groups in total. The molecule has 0 spiro atoms. The molecule has 1 aliphatic rings. The molecule has 0 aromatic heterocycles. The summed E-state index contributed by atoms with van der Waals surface area (Å²) in [5, 5.41) is 3.39. The van der Waals surface area contributed by atoms with Crippen molar-refractivity contribution in [3.8, 4) is 0 Å². The molecule has 0 aliphatic heterocycles. The van der Waals surface area contributed by atoms with Gasteiger partial charge in [-0.1, -0.05) is 25.8 Å². The van der Waals surface area contributed by atoms with E-state index < -0.39 is 0 Å². The average Bonchev–Trinajstić information content (AvgIpc) is 2.37. The summed E-state index contributed by atoms with van der Waals surface area (Å²) in [6, 6.07) is 0. The van der Waals surface area contributed by atoms with Gasteiger partial charge in [-0.2, -0.15) is 0 Å². The van der Waals surface area contributed by atoms with Gasteiger partial charge < -0.3 is 5.32 Å². The zero-order valence-electron chi connectivity index (χ0n) is 7.47. The first-order valence-corrected chi connectivity index (χ1v) is 4.66. The molecular weight excluding hydrogens is 134 g/mol. The van der Waals surface area contributed by atoms with Gasteiger partial charge in [0.2, 0.25) is 0 Å². The van der Waals surface area contributed by atoms with Gasteiger partial charge in [-0.15, -0.1) is 6.58 Å². The van der Waals surface area contributed by atoms with E-state index in [4.69, 9.17) is 0 Å². The Morgan fingerprint density at radius 2 is 2.36 bits per heavy atom. The third kappa shape index (κ3) is 2.66. The highest BCUT2D eigenvalue weighted by molar-refractivity contribution is 4.78. The van der Waals surface area contributed by atoms with Gasteiger partial charge in [0.05, 0.1) is 0 Å². The van der Waals surface area contributed by atoms with Crippen molar-refractivity contribution in [2.24, 2.45) is 11.8 Å². The fourth-order valence-corrected chi connectivity index (χ4v) is 1.90. The van der Waals surface area contributed by atoms with Crippen LogP contribution < -0.4 is 5.32 Å². The first-order valence-electron chi connectivity index (χ1n) is 4.66. The highest BCUT2D eigenvalue weighted by atomic mass is 14.8. The van der Waals surface area contributed by atoms with Crippen LogP contribution in [0.15, 0.2) is 12.7 Å². The van der Waals surface area contributed by atoms with Gasteiger partial charge in [-0.05, 0) is 24.8 Å². The second kappa shape index (κ2) is 4.55. The zero-order valence-corrected chi connectivity index (χ0v) is 7.47. The molecule has 11 heavy (non-hydrogen) atoms. The molecule has 1 fully saturated rings. The SMILES string of the molecule is C=CCNCC1CCCC1C. The molecule has 2 unspecified atom stereocenters. The van der Waals surface area contributed by atoms with E-state index in [2.05, 4.69) is 18.8 Å². The molecule has 0 amide bonds. The van der Waals surface area contributed by atoms with E-state index in [9.17, 15) is 0 Å². The van der Waals surface area contributed by atoms with E-state index in [1.54, 1.807) is 0 Å². The Labute approximate surface area is 69.9 Å². The molecule has 2 atom stereocenters. The summed E-state index contributed by atoms with van der Waals surface area (Å²) in [7, 11) is 0. The molecule has 0 aromatic carbocycles. The normalized spacial score (nSPS) is 30.6. The largest absolute Gasteiger partial charge is 0.313 e. The lowest BCUT2D eigenvalue weighted by Gasteiger charge is -2.14. The molecule has 0 heterocycles. The highest BCUT2D eigenvalue weighted by Crippen LogP contribution is 2.30. The quantitative estimate of drug-likeness (QED) is 0.482. The number of hydrogen-bond acceptors (Lipinski definition) is 1.